The van der Waals surface area contributed by atoms with Gasteiger partial charge in [0.05, 0.1) is 6.07 Å². The second-order valence-corrected chi connectivity index (χ2v) is 17.0. The van der Waals surface area contributed by atoms with Crippen LogP contribution >= 0.6 is 11.8 Å². The first kappa shape index (κ1) is 51.1. The Bertz CT molecular complexity index is 2490. The molecule has 0 bridgehead atoms. The number of ketones is 1. The zero-order valence-corrected chi connectivity index (χ0v) is 40.6. The van der Waals surface area contributed by atoms with E-state index in [2.05, 4.69) is 132 Å². The number of para-hydroxylation sites is 2. The Balaban J connectivity index is 0.000000312. The molecule has 8 nitrogen and oxygen atoms in total. The van der Waals surface area contributed by atoms with Crippen LogP contribution in [0, 0.1) is 11.8 Å². The SMILES string of the molecule is CC.CC(=O)N(C)C.CC=O.CCCC(CCCO)C(=O)C(C)C.CSc1ccccc1-c1c2ccc(=[N+]3CCc4ccccc43)cc-2oc2cc(N3CCc4ccccc43)ccc12. The summed E-state index contributed by atoms with van der Waals surface area (Å²) in [5, 5.41) is 11.0. The van der Waals surface area contributed by atoms with Gasteiger partial charge in [-0.3, -0.25) is 9.59 Å². The van der Waals surface area contributed by atoms with E-state index in [9.17, 15) is 9.59 Å². The molecule has 4 aromatic rings. The molecule has 64 heavy (non-hydrogen) atoms. The van der Waals surface area contributed by atoms with E-state index >= 15 is 0 Å². The van der Waals surface area contributed by atoms with Gasteiger partial charge in [-0.05, 0) is 80.3 Å². The normalized spacial score (nSPS) is 13.5. The number of aliphatic hydroxyl groups excluding tert-OH is 1. The van der Waals surface area contributed by atoms with Gasteiger partial charge >= 0.3 is 0 Å². The lowest BCUT2D eigenvalue weighted by molar-refractivity contribution is -0.127. The molecular formula is C55H70N3O5S+. The third-order valence-electron chi connectivity index (χ3n) is 11.4. The molecule has 0 fully saturated rings. The molecule has 0 saturated heterocycles. The van der Waals surface area contributed by atoms with Gasteiger partial charge in [-0.1, -0.05) is 95.6 Å². The Labute approximate surface area is 386 Å². The highest BCUT2D eigenvalue weighted by molar-refractivity contribution is 7.98. The third kappa shape index (κ3) is 12.8. The fourth-order valence-corrected chi connectivity index (χ4v) is 8.75. The number of hydrogen-bond donors (Lipinski definition) is 1. The van der Waals surface area contributed by atoms with E-state index in [0.29, 0.717) is 5.78 Å². The molecule has 1 aliphatic carbocycles. The first-order valence-electron chi connectivity index (χ1n) is 22.9. The molecule has 1 atom stereocenters. The van der Waals surface area contributed by atoms with Crippen molar-refractivity contribution in [3.05, 3.63) is 126 Å². The number of carbonyl (C=O) groups excluding carboxylic acids is 3. The molecule has 0 aromatic heterocycles. The zero-order chi connectivity index (χ0) is 46.8. The molecule has 3 heterocycles. The van der Waals surface area contributed by atoms with Crippen LogP contribution in [0.15, 0.2) is 119 Å². The number of thioether (sulfide) groups is 1. The summed E-state index contributed by atoms with van der Waals surface area (Å²) in [5.41, 5.74) is 11.1. The highest BCUT2D eigenvalue weighted by atomic mass is 32.2. The number of aliphatic hydroxyl groups is 1. The van der Waals surface area contributed by atoms with Crippen molar-refractivity contribution >= 4 is 57.8 Å². The average molecular weight is 885 g/mol. The Morgan fingerprint density at radius 1 is 0.875 bits per heavy atom. The topological polar surface area (TPSA) is 94.1 Å². The molecule has 3 aliphatic heterocycles. The van der Waals surface area contributed by atoms with Gasteiger partial charge in [0.15, 0.2) is 6.54 Å². The lowest BCUT2D eigenvalue weighted by atomic mass is 9.88. The van der Waals surface area contributed by atoms with Crippen LogP contribution in [0.3, 0.4) is 0 Å². The number of carbonyl (C=O) groups is 3. The van der Waals surface area contributed by atoms with Crippen LogP contribution in [-0.2, 0) is 27.2 Å². The minimum Gasteiger partial charge on any atom is -0.456 e. The van der Waals surface area contributed by atoms with E-state index in [-0.39, 0.29) is 24.3 Å². The van der Waals surface area contributed by atoms with Crippen molar-refractivity contribution in [2.45, 2.75) is 91.9 Å². The number of Topliss-reactive ketones (excluding diaryl/α,β-unsaturated/α-hetero) is 1. The summed E-state index contributed by atoms with van der Waals surface area (Å²) < 4.78 is 9.22. The number of benzene rings is 5. The summed E-state index contributed by atoms with van der Waals surface area (Å²) in [7, 11) is 3.45. The molecule has 340 valence electrons. The van der Waals surface area contributed by atoms with Crippen molar-refractivity contribution in [1.29, 1.82) is 0 Å². The van der Waals surface area contributed by atoms with E-state index in [0.717, 1.165) is 80.2 Å². The van der Waals surface area contributed by atoms with Crippen molar-refractivity contribution in [2.24, 2.45) is 11.8 Å². The summed E-state index contributed by atoms with van der Waals surface area (Å²) in [6.07, 6.45) is 8.66. The molecule has 4 aliphatic rings. The molecule has 1 unspecified atom stereocenters. The maximum absolute atomic E-state index is 11.7. The van der Waals surface area contributed by atoms with Gasteiger partial charge in [0, 0.05) is 109 Å². The fraction of sp³-hybridized carbons (Fsp3) is 0.382. The van der Waals surface area contributed by atoms with Crippen LogP contribution < -0.4 is 14.8 Å². The van der Waals surface area contributed by atoms with Gasteiger partial charge in [-0.25, -0.2) is 0 Å². The molecular weight excluding hydrogens is 815 g/mol. The van der Waals surface area contributed by atoms with Crippen molar-refractivity contribution in [2.75, 3.05) is 44.9 Å². The predicted octanol–water partition coefficient (Wildman–Crippen LogP) is 12.0. The molecule has 1 amide bonds. The molecule has 8 rings (SSSR count). The number of nitrogens with zero attached hydrogens (tertiary/aromatic N) is 3. The number of anilines is 2. The number of amides is 1. The van der Waals surface area contributed by atoms with Crippen molar-refractivity contribution in [1.82, 2.24) is 9.48 Å². The number of fused-ring (bicyclic) bond motifs is 4. The van der Waals surface area contributed by atoms with E-state index in [1.807, 2.05) is 27.7 Å². The lowest BCUT2D eigenvalue weighted by Crippen LogP contribution is -2.23. The minimum absolute atomic E-state index is 0.0926. The smallest absolute Gasteiger partial charge is 0.218 e. The van der Waals surface area contributed by atoms with E-state index < -0.39 is 0 Å². The Morgan fingerprint density at radius 2 is 1.53 bits per heavy atom. The second-order valence-electron chi connectivity index (χ2n) is 16.2. The summed E-state index contributed by atoms with van der Waals surface area (Å²) in [5.74, 6) is 1.68. The second kappa shape index (κ2) is 25.7. The molecule has 0 spiro atoms. The molecule has 0 radical (unpaired) electrons. The van der Waals surface area contributed by atoms with E-state index in [1.54, 1.807) is 25.9 Å². The predicted molar refractivity (Wildman–Crippen MR) is 269 cm³/mol. The maximum Gasteiger partial charge on any atom is 0.218 e. The highest BCUT2D eigenvalue weighted by Crippen LogP contribution is 2.45. The van der Waals surface area contributed by atoms with Crippen LogP contribution in [0.5, 0.6) is 0 Å². The summed E-state index contributed by atoms with van der Waals surface area (Å²) in [4.78, 5) is 35.7. The van der Waals surface area contributed by atoms with Crippen molar-refractivity contribution in [3.8, 4) is 22.5 Å². The maximum atomic E-state index is 11.7. The quantitative estimate of drug-likeness (QED) is 0.0634. The largest absolute Gasteiger partial charge is 0.456 e. The van der Waals surface area contributed by atoms with Crippen LogP contribution in [0.1, 0.15) is 85.3 Å². The summed E-state index contributed by atoms with van der Waals surface area (Å²) >= 11 is 1.79. The van der Waals surface area contributed by atoms with Gasteiger partial charge in [-0.2, -0.15) is 4.58 Å². The van der Waals surface area contributed by atoms with Gasteiger partial charge in [0.1, 0.15) is 23.4 Å². The van der Waals surface area contributed by atoms with E-state index in [1.165, 1.54) is 68.3 Å². The van der Waals surface area contributed by atoms with Crippen molar-refractivity contribution in [3.63, 3.8) is 0 Å². The molecule has 4 aromatic carbocycles. The molecule has 0 saturated carbocycles. The van der Waals surface area contributed by atoms with Gasteiger partial charge in [0.2, 0.25) is 17.0 Å². The van der Waals surface area contributed by atoms with Crippen LogP contribution in [0.2, 0.25) is 0 Å². The molecule has 9 heteroatoms. The average Bonchev–Trinajstić information content (AvgIpc) is 3.95. The third-order valence-corrected chi connectivity index (χ3v) is 12.2. The van der Waals surface area contributed by atoms with Gasteiger partial charge < -0.3 is 24.1 Å². The lowest BCUT2D eigenvalue weighted by Gasteiger charge is -2.22. The minimum atomic E-state index is 0.0926. The molecule has 1 N–H and O–H groups in total. The van der Waals surface area contributed by atoms with Crippen LogP contribution in [0.4, 0.5) is 17.1 Å². The summed E-state index contributed by atoms with van der Waals surface area (Å²) in [6, 6.07) is 39.7. The van der Waals surface area contributed by atoms with Gasteiger partial charge in [0.25, 0.3) is 0 Å². The Kier molecular flexibility index (Phi) is 20.5. The Morgan fingerprint density at radius 3 is 2.19 bits per heavy atom. The van der Waals surface area contributed by atoms with Crippen LogP contribution in [-0.4, -0.2) is 68.0 Å². The Hall–Kier alpha value is -5.51. The number of aldehydes is 1. The summed E-state index contributed by atoms with van der Waals surface area (Å²) in [6.45, 7) is 15.1. The zero-order valence-electron chi connectivity index (χ0n) is 39.8. The standard InChI is InChI=1S/C36H29N2OS.C11H22O2.C4H9NO.C2H4O.C2H6/c1-40-35-13-7-4-10-30(35)36-28-16-14-26(37-20-18-24-8-2-5-11-31(24)37)22-33(28)39-34-23-27(15-17-29(34)36)38-21-19-25-9-3-6-12-32(25)38;1-4-6-10(7-5-8-12)11(13)9(2)3;1-4(6)5(2)3;1-2-3;1-2/h2-17,22-23H,18-21H2,1H3;9-10,12H,4-8H2,1-3H3;1-3H3;2H,1H3;1-2H3/q+1;;;;. The fourth-order valence-electron chi connectivity index (χ4n) is 8.14. The number of hydrogen-bond acceptors (Lipinski definition) is 7. The van der Waals surface area contributed by atoms with Gasteiger partial charge in [-0.15, -0.1) is 11.8 Å². The monoisotopic (exact) mass is 885 g/mol. The number of rotatable bonds is 10. The first-order chi connectivity index (χ1) is 31.0. The first-order valence-corrected chi connectivity index (χ1v) is 24.1. The van der Waals surface area contributed by atoms with Crippen LogP contribution in [0.25, 0.3) is 33.4 Å². The highest BCUT2D eigenvalue weighted by Gasteiger charge is 2.27. The van der Waals surface area contributed by atoms with E-state index in [4.69, 9.17) is 14.3 Å². The van der Waals surface area contributed by atoms with Crippen molar-refractivity contribution < 1.29 is 23.9 Å².